The maximum Gasteiger partial charge on any atom is 0.408 e. The summed E-state index contributed by atoms with van der Waals surface area (Å²) in [7, 11) is 0. The zero-order valence-electron chi connectivity index (χ0n) is 22.0. The van der Waals surface area contributed by atoms with Gasteiger partial charge in [0.15, 0.2) is 0 Å². The normalized spacial score (nSPS) is 13.8. The number of carbonyl (C=O) groups excluding carboxylic acids is 4. The highest BCUT2D eigenvalue weighted by Gasteiger charge is 2.38. The maximum absolute atomic E-state index is 13.7. The monoisotopic (exact) mass is 508 g/mol. The first kappa shape index (κ1) is 30.7. The van der Waals surface area contributed by atoms with Gasteiger partial charge in [-0.05, 0) is 46.6 Å². The third kappa shape index (κ3) is 9.37. The molecule has 0 aliphatic heterocycles. The van der Waals surface area contributed by atoms with Gasteiger partial charge >= 0.3 is 6.09 Å². The summed E-state index contributed by atoms with van der Waals surface area (Å²) < 4.78 is 5.21. The summed E-state index contributed by atoms with van der Waals surface area (Å²) >= 11 is 0. The van der Waals surface area contributed by atoms with E-state index in [4.69, 9.17) is 10.5 Å². The molecule has 0 aliphatic rings. The highest BCUT2D eigenvalue weighted by atomic mass is 16.6. The van der Waals surface area contributed by atoms with Crippen molar-refractivity contribution in [2.45, 2.75) is 84.5 Å². The van der Waals surface area contributed by atoms with E-state index >= 15 is 0 Å². The second-order valence-corrected chi connectivity index (χ2v) is 9.74. The molecule has 3 atom stereocenters. The molecule has 0 radical (unpaired) electrons. The van der Waals surface area contributed by atoms with Gasteiger partial charge in [-0.2, -0.15) is 0 Å². The standard InChI is InChI=1S/C25H40N4O7/c1-7-9-16(3)27-22(33)20(17-11-8-10-15(2)21(17)32)29(12-13-30)23(34)18(14-19(26)31)28-24(35)36-25(4,5)6/h8,10-11,16,18,20,30,32H,7,9,12-14H2,1-6H3,(H2,26,31)(H,27,33)(H,28,35). The molecule has 1 aromatic rings. The Hall–Kier alpha value is -3.34. The Bertz CT molecular complexity index is 929. The summed E-state index contributed by atoms with van der Waals surface area (Å²) in [4.78, 5) is 52.3. The largest absolute Gasteiger partial charge is 0.507 e. The smallest absolute Gasteiger partial charge is 0.408 e. The average molecular weight is 509 g/mol. The van der Waals surface area contributed by atoms with Crippen LogP contribution in [0.25, 0.3) is 0 Å². The molecule has 0 aromatic heterocycles. The van der Waals surface area contributed by atoms with Gasteiger partial charge in [0.2, 0.25) is 17.7 Å². The van der Waals surface area contributed by atoms with Gasteiger partial charge in [0.05, 0.1) is 13.0 Å². The van der Waals surface area contributed by atoms with Gasteiger partial charge in [0.1, 0.15) is 23.4 Å². The van der Waals surface area contributed by atoms with Crippen LogP contribution in [0.15, 0.2) is 18.2 Å². The first-order chi connectivity index (χ1) is 16.7. The number of primary amides is 1. The van der Waals surface area contributed by atoms with Crippen molar-refractivity contribution in [3.8, 4) is 5.75 Å². The van der Waals surface area contributed by atoms with Crippen molar-refractivity contribution in [2.75, 3.05) is 13.2 Å². The van der Waals surface area contributed by atoms with E-state index in [1.54, 1.807) is 39.8 Å². The number of hydrogen-bond donors (Lipinski definition) is 5. The molecular formula is C25H40N4O7. The minimum absolute atomic E-state index is 0.132. The minimum Gasteiger partial charge on any atom is -0.507 e. The number of amides is 4. The number of benzene rings is 1. The van der Waals surface area contributed by atoms with E-state index in [1.165, 1.54) is 6.07 Å². The van der Waals surface area contributed by atoms with Crippen LogP contribution in [0.3, 0.4) is 0 Å². The maximum atomic E-state index is 13.7. The summed E-state index contributed by atoms with van der Waals surface area (Å²) in [6.07, 6.45) is -0.0411. The number of aryl methyl sites for hydroxylation is 1. The minimum atomic E-state index is -1.47. The molecule has 36 heavy (non-hydrogen) atoms. The molecule has 11 nitrogen and oxygen atoms in total. The zero-order valence-corrected chi connectivity index (χ0v) is 22.0. The molecule has 0 aliphatic carbocycles. The molecule has 1 aromatic carbocycles. The lowest BCUT2D eigenvalue weighted by Gasteiger charge is -2.34. The van der Waals surface area contributed by atoms with E-state index in [0.717, 1.165) is 11.3 Å². The van der Waals surface area contributed by atoms with Crippen molar-refractivity contribution in [3.63, 3.8) is 0 Å². The van der Waals surface area contributed by atoms with Crippen LogP contribution < -0.4 is 16.4 Å². The van der Waals surface area contributed by atoms with Gasteiger partial charge in [0.25, 0.3) is 0 Å². The van der Waals surface area contributed by atoms with E-state index in [-0.39, 0.29) is 23.9 Å². The summed E-state index contributed by atoms with van der Waals surface area (Å²) in [5.74, 6) is -2.50. The third-order valence-corrected chi connectivity index (χ3v) is 5.25. The fourth-order valence-corrected chi connectivity index (χ4v) is 3.71. The van der Waals surface area contributed by atoms with Crippen LogP contribution in [0.2, 0.25) is 0 Å². The van der Waals surface area contributed by atoms with Crippen LogP contribution in [0.4, 0.5) is 4.79 Å². The first-order valence-corrected chi connectivity index (χ1v) is 12.0. The number of phenols is 1. The van der Waals surface area contributed by atoms with Crippen LogP contribution in [-0.4, -0.2) is 69.8 Å². The Labute approximate surface area is 212 Å². The molecule has 0 saturated heterocycles. The molecule has 202 valence electrons. The van der Waals surface area contributed by atoms with Crippen molar-refractivity contribution in [1.29, 1.82) is 0 Å². The van der Waals surface area contributed by atoms with Crippen molar-refractivity contribution in [2.24, 2.45) is 5.73 Å². The number of aliphatic hydroxyl groups is 1. The van der Waals surface area contributed by atoms with Crippen molar-refractivity contribution < 1.29 is 34.1 Å². The fraction of sp³-hybridized carbons (Fsp3) is 0.600. The summed E-state index contributed by atoms with van der Waals surface area (Å²) in [5.41, 5.74) is 5.06. The van der Waals surface area contributed by atoms with Crippen LogP contribution >= 0.6 is 0 Å². The number of nitrogens with two attached hydrogens (primary N) is 1. The number of nitrogens with one attached hydrogen (secondary N) is 2. The molecule has 0 saturated carbocycles. The number of para-hydroxylation sites is 1. The molecular weight excluding hydrogens is 468 g/mol. The highest BCUT2D eigenvalue weighted by Crippen LogP contribution is 2.32. The molecule has 0 bridgehead atoms. The lowest BCUT2D eigenvalue weighted by molar-refractivity contribution is -0.144. The van der Waals surface area contributed by atoms with Crippen LogP contribution in [0.5, 0.6) is 5.75 Å². The second kappa shape index (κ2) is 13.7. The number of alkyl carbamates (subject to hydrolysis) is 1. The SMILES string of the molecule is CCCC(C)NC(=O)C(c1cccc(C)c1O)N(CCO)C(=O)C(CC(N)=O)NC(=O)OC(C)(C)C. The predicted molar refractivity (Wildman–Crippen MR) is 134 cm³/mol. The first-order valence-electron chi connectivity index (χ1n) is 12.0. The second-order valence-electron chi connectivity index (χ2n) is 9.74. The van der Waals surface area contributed by atoms with Gasteiger partial charge in [-0.3, -0.25) is 14.4 Å². The van der Waals surface area contributed by atoms with Crippen molar-refractivity contribution in [3.05, 3.63) is 29.3 Å². The number of carbonyl (C=O) groups is 4. The Morgan fingerprint density at radius 1 is 1.17 bits per heavy atom. The van der Waals surface area contributed by atoms with Gasteiger partial charge in [-0.15, -0.1) is 0 Å². The molecule has 1 rings (SSSR count). The molecule has 0 fully saturated rings. The fourth-order valence-electron chi connectivity index (χ4n) is 3.71. The van der Waals surface area contributed by atoms with Crippen LogP contribution in [0, 0.1) is 6.92 Å². The summed E-state index contributed by atoms with van der Waals surface area (Å²) in [5, 5.41) is 25.7. The lowest BCUT2D eigenvalue weighted by atomic mass is 9.98. The Morgan fingerprint density at radius 3 is 2.33 bits per heavy atom. The van der Waals surface area contributed by atoms with E-state index in [2.05, 4.69) is 10.6 Å². The van der Waals surface area contributed by atoms with Crippen molar-refractivity contribution in [1.82, 2.24) is 15.5 Å². The van der Waals surface area contributed by atoms with E-state index in [9.17, 15) is 29.4 Å². The molecule has 0 spiro atoms. The number of aliphatic hydroxyl groups excluding tert-OH is 1. The molecule has 0 heterocycles. The summed E-state index contributed by atoms with van der Waals surface area (Å²) in [6, 6.07) is 1.70. The van der Waals surface area contributed by atoms with Crippen molar-refractivity contribution >= 4 is 23.8 Å². The number of phenolic OH excluding ortho intramolecular Hbond substituents is 1. The number of nitrogens with zero attached hydrogens (tertiary/aromatic N) is 1. The lowest BCUT2D eigenvalue weighted by Crippen LogP contribution is -2.55. The van der Waals surface area contributed by atoms with Gasteiger partial charge in [0, 0.05) is 18.2 Å². The van der Waals surface area contributed by atoms with E-state index < -0.39 is 54.5 Å². The predicted octanol–water partition coefficient (Wildman–Crippen LogP) is 1.64. The van der Waals surface area contributed by atoms with E-state index in [0.29, 0.717) is 12.0 Å². The molecule has 3 unspecified atom stereocenters. The van der Waals surface area contributed by atoms with Gasteiger partial charge in [-0.25, -0.2) is 4.79 Å². The number of hydrogen-bond acceptors (Lipinski definition) is 7. The number of aromatic hydroxyl groups is 1. The Morgan fingerprint density at radius 2 is 1.81 bits per heavy atom. The van der Waals surface area contributed by atoms with E-state index in [1.807, 2.05) is 13.8 Å². The number of rotatable bonds is 12. The Balaban J connectivity index is 3.53. The topological polar surface area (TPSA) is 171 Å². The summed E-state index contributed by atoms with van der Waals surface area (Å²) in [6.45, 7) is 9.47. The molecule has 6 N–H and O–H groups in total. The average Bonchev–Trinajstić information content (AvgIpc) is 2.73. The van der Waals surface area contributed by atoms with Gasteiger partial charge < -0.3 is 36.2 Å². The highest BCUT2D eigenvalue weighted by molar-refractivity contribution is 5.95. The third-order valence-electron chi connectivity index (χ3n) is 5.25. The van der Waals surface area contributed by atoms with Gasteiger partial charge in [-0.1, -0.05) is 31.5 Å². The number of ether oxygens (including phenoxy) is 1. The quantitative estimate of drug-likeness (QED) is 0.285. The van der Waals surface area contributed by atoms with Crippen LogP contribution in [0.1, 0.15) is 71.0 Å². The Kier molecular flexibility index (Phi) is 11.7. The van der Waals surface area contributed by atoms with Crippen LogP contribution in [-0.2, 0) is 19.1 Å². The molecule has 11 heteroatoms. The molecule has 4 amide bonds. The zero-order chi connectivity index (χ0) is 27.6.